The molecule has 0 amide bonds. The van der Waals surface area contributed by atoms with Gasteiger partial charge in [0.2, 0.25) is 17.3 Å². The molecule has 0 saturated heterocycles. The van der Waals surface area contributed by atoms with Gasteiger partial charge in [0, 0.05) is 5.92 Å². The lowest BCUT2D eigenvalue weighted by Crippen LogP contribution is -2.34. The van der Waals surface area contributed by atoms with Crippen molar-refractivity contribution in [2.75, 3.05) is 7.11 Å². The molecule has 0 spiro atoms. The topological polar surface area (TPSA) is 101 Å². The van der Waals surface area contributed by atoms with Gasteiger partial charge in [-0.1, -0.05) is 53.6 Å². The number of aliphatic hydroxyl groups is 2. The Bertz CT molecular complexity index is 1050. The summed E-state index contributed by atoms with van der Waals surface area (Å²) in [6.45, 7) is 4.11. The van der Waals surface area contributed by atoms with Crippen molar-refractivity contribution < 1.29 is 29.3 Å². The number of carbonyl (C=O) groups excluding carboxylic acids is 3. The molecule has 2 N–H and O–H groups in total. The van der Waals surface area contributed by atoms with Crippen LogP contribution in [0.5, 0.6) is 0 Å². The second-order valence-corrected chi connectivity index (χ2v) is 8.37. The fourth-order valence-corrected chi connectivity index (χ4v) is 4.32. The standard InChI is InChI=1S/C26H28O6/c1-15(2)8-7-9-16-12-13-18(19(14-16)17-10-5-4-6-11-17)21(27)20-22(28)24(30)26(32-3)25(31)23(20)29/h4-6,8,10-12,18-19,28,31H,7,9,13-14H2,1-3H3. The van der Waals surface area contributed by atoms with Crippen LogP contribution in [0.15, 0.2) is 76.5 Å². The highest BCUT2D eigenvalue weighted by atomic mass is 16.5. The van der Waals surface area contributed by atoms with Gasteiger partial charge in [-0.05, 0) is 51.0 Å². The minimum atomic E-state index is -1.09. The van der Waals surface area contributed by atoms with E-state index in [0.29, 0.717) is 12.8 Å². The predicted octanol–water partition coefficient (Wildman–Crippen LogP) is 4.80. The molecular formula is C26H28O6. The van der Waals surface area contributed by atoms with Crippen LogP contribution in [0.1, 0.15) is 51.0 Å². The quantitative estimate of drug-likeness (QED) is 0.362. The van der Waals surface area contributed by atoms with Gasteiger partial charge in [0.05, 0.1) is 7.11 Å². The summed E-state index contributed by atoms with van der Waals surface area (Å²) in [5.74, 6) is -6.25. The van der Waals surface area contributed by atoms with Crippen molar-refractivity contribution in [3.8, 4) is 0 Å². The Kier molecular flexibility index (Phi) is 7.13. The second-order valence-electron chi connectivity index (χ2n) is 8.37. The third-order valence-corrected chi connectivity index (χ3v) is 5.98. The van der Waals surface area contributed by atoms with Crippen molar-refractivity contribution in [2.45, 2.75) is 45.4 Å². The summed E-state index contributed by atoms with van der Waals surface area (Å²) in [6.07, 6.45) is 6.99. The van der Waals surface area contributed by atoms with Gasteiger partial charge >= 0.3 is 0 Å². The first-order chi connectivity index (χ1) is 15.3. The minimum Gasteiger partial charge on any atom is -0.503 e. The number of rotatable bonds is 7. The first-order valence-corrected chi connectivity index (χ1v) is 10.7. The van der Waals surface area contributed by atoms with Crippen molar-refractivity contribution >= 4 is 17.3 Å². The zero-order valence-corrected chi connectivity index (χ0v) is 18.6. The summed E-state index contributed by atoms with van der Waals surface area (Å²) in [5, 5.41) is 20.4. The van der Waals surface area contributed by atoms with Gasteiger partial charge in [-0.3, -0.25) is 14.4 Å². The number of ketones is 3. The molecule has 0 aromatic heterocycles. The van der Waals surface area contributed by atoms with E-state index in [1.807, 2.05) is 36.4 Å². The van der Waals surface area contributed by atoms with Crippen molar-refractivity contribution in [1.29, 1.82) is 0 Å². The molecule has 0 saturated carbocycles. The zero-order chi connectivity index (χ0) is 23.4. The summed E-state index contributed by atoms with van der Waals surface area (Å²) < 4.78 is 4.73. The molecule has 168 valence electrons. The maximum absolute atomic E-state index is 13.4. The van der Waals surface area contributed by atoms with Crippen LogP contribution in [0.2, 0.25) is 0 Å². The molecular weight excluding hydrogens is 408 g/mol. The van der Waals surface area contributed by atoms with Crippen LogP contribution in [0, 0.1) is 5.92 Å². The lowest BCUT2D eigenvalue weighted by atomic mass is 9.71. The van der Waals surface area contributed by atoms with E-state index < -0.39 is 46.1 Å². The number of aliphatic hydroxyl groups excluding tert-OH is 2. The summed E-state index contributed by atoms with van der Waals surface area (Å²) in [7, 11) is 1.10. The number of hydrogen-bond acceptors (Lipinski definition) is 6. The number of carbonyl (C=O) groups is 3. The number of allylic oxidation sites excluding steroid dienone is 5. The summed E-state index contributed by atoms with van der Waals surface area (Å²) in [6, 6.07) is 9.55. The number of benzene rings is 1. The molecule has 1 aromatic rings. The monoisotopic (exact) mass is 436 g/mol. The van der Waals surface area contributed by atoms with Gasteiger partial charge in [-0.15, -0.1) is 0 Å². The number of methoxy groups -OCH3 is 1. The van der Waals surface area contributed by atoms with Gasteiger partial charge in [-0.2, -0.15) is 0 Å². The smallest absolute Gasteiger partial charge is 0.266 e. The average molecular weight is 437 g/mol. The molecule has 2 aliphatic carbocycles. The van der Waals surface area contributed by atoms with Crippen LogP contribution < -0.4 is 0 Å². The number of Topliss-reactive ketones (excluding diaryl/α,β-unsaturated/α-hetero) is 3. The van der Waals surface area contributed by atoms with E-state index in [2.05, 4.69) is 19.9 Å². The Morgan fingerprint density at radius 2 is 1.78 bits per heavy atom. The molecule has 0 radical (unpaired) electrons. The Morgan fingerprint density at radius 1 is 1.09 bits per heavy atom. The van der Waals surface area contributed by atoms with E-state index in [1.165, 1.54) is 11.1 Å². The summed E-state index contributed by atoms with van der Waals surface area (Å²) in [5.41, 5.74) is 2.76. The predicted molar refractivity (Wildman–Crippen MR) is 120 cm³/mol. The van der Waals surface area contributed by atoms with Crippen molar-refractivity contribution in [3.05, 3.63) is 82.0 Å². The van der Waals surface area contributed by atoms with Crippen LogP contribution in [0.4, 0.5) is 0 Å². The van der Waals surface area contributed by atoms with Gasteiger partial charge in [0.1, 0.15) is 5.57 Å². The first kappa shape index (κ1) is 23.3. The van der Waals surface area contributed by atoms with Gasteiger partial charge in [0.15, 0.2) is 11.5 Å². The molecule has 2 unspecified atom stereocenters. The third kappa shape index (κ3) is 4.59. The molecule has 2 atom stereocenters. The highest BCUT2D eigenvalue weighted by molar-refractivity contribution is 6.34. The van der Waals surface area contributed by atoms with Crippen LogP contribution in [0.25, 0.3) is 0 Å². The van der Waals surface area contributed by atoms with E-state index in [9.17, 15) is 24.6 Å². The normalized spacial score (nSPS) is 21.4. The average Bonchev–Trinajstić information content (AvgIpc) is 2.78. The minimum absolute atomic E-state index is 0.214. The van der Waals surface area contributed by atoms with E-state index >= 15 is 0 Å². The van der Waals surface area contributed by atoms with Crippen LogP contribution in [-0.2, 0) is 19.1 Å². The van der Waals surface area contributed by atoms with Crippen molar-refractivity contribution in [1.82, 2.24) is 0 Å². The van der Waals surface area contributed by atoms with E-state index in [4.69, 9.17) is 4.74 Å². The molecule has 6 heteroatoms. The molecule has 6 nitrogen and oxygen atoms in total. The lowest BCUT2D eigenvalue weighted by molar-refractivity contribution is -0.127. The third-order valence-electron chi connectivity index (χ3n) is 5.98. The highest BCUT2D eigenvalue weighted by Crippen LogP contribution is 2.41. The lowest BCUT2D eigenvalue weighted by Gasteiger charge is -2.32. The van der Waals surface area contributed by atoms with E-state index in [1.54, 1.807) is 0 Å². The SMILES string of the molecule is COC1=C(O)C(=O)C(C(=O)C2CC=C(CCC=C(C)C)CC2c2ccccc2)=C(O)C1=O. The first-order valence-electron chi connectivity index (χ1n) is 10.7. The van der Waals surface area contributed by atoms with Crippen molar-refractivity contribution in [3.63, 3.8) is 0 Å². The molecule has 0 aliphatic heterocycles. The maximum Gasteiger partial charge on any atom is 0.266 e. The Labute approximate surface area is 187 Å². The van der Waals surface area contributed by atoms with Crippen LogP contribution in [-0.4, -0.2) is 34.7 Å². The Balaban J connectivity index is 1.95. The van der Waals surface area contributed by atoms with Gasteiger partial charge in [0.25, 0.3) is 5.78 Å². The number of ether oxygens (including phenoxy) is 1. The van der Waals surface area contributed by atoms with Gasteiger partial charge < -0.3 is 14.9 Å². The number of hydrogen-bond donors (Lipinski definition) is 2. The fraction of sp³-hybridized carbons (Fsp3) is 0.346. The largest absolute Gasteiger partial charge is 0.503 e. The van der Waals surface area contributed by atoms with E-state index in [-0.39, 0.29) is 5.92 Å². The Morgan fingerprint density at radius 3 is 2.41 bits per heavy atom. The zero-order valence-electron chi connectivity index (χ0n) is 18.6. The highest BCUT2D eigenvalue weighted by Gasteiger charge is 2.43. The molecule has 0 heterocycles. The molecule has 1 aromatic carbocycles. The molecule has 0 fully saturated rings. The van der Waals surface area contributed by atoms with Crippen molar-refractivity contribution in [2.24, 2.45) is 5.92 Å². The fourth-order valence-electron chi connectivity index (χ4n) is 4.32. The van der Waals surface area contributed by atoms with Gasteiger partial charge in [-0.25, -0.2) is 0 Å². The van der Waals surface area contributed by atoms with Crippen LogP contribution in [0.3, 0.4) is 0 Å². The maximum atomic E-state index is 13.4. The molecule has 0 bridgehead atoms. The molecule has 32 heavy (non-hydrogen) atoms. The summed E-state index contributed by atoms with van der Waals surface area (Å²) >= 11 is 0. The van der Waals surface area contributed by atoms with Crippen LogP contribution >= 0.6 is 0 Å². The molecule has 2 aliphatic rings. The molecule has 3 rings (SSSR count). The summed E-state index contributed by atoms with van der Waals surface area (Å²) in [4.78, 5) is 38.4. The Hall–Kier alpha value is -3.41. The second kappa shape index (κ2) is 9.81. The van der Waals surface area contributed by atoms with E-state index in [0.717, 1.165) is 25.5 Å².